The Morgan fingerprint density at radius 2 is 1.92 bits per heavy atom. The zero-order valence-corrected chi connectivity index (χ0v) is 14.1. The molecule has 2 aromatic rings. The number of para-hydroxylation sites is 1. The molecule has 0 radical (unpaired) electrons. The van der Waals surface area contributed by atoms with Crippen LogP contribution in [0.2, 0.25) is 5.02 Å². The number of fused-ring (bicyclic) bond motifs is 4. The SMILES string of the molecule is C[C@@]12NC(=O)N[C@@H](c3ccccc3O1)[C@H]2C(=O)Nc1ccc(Cl)cc1. The Bertz CT molecular complexity index is 855. The van der Waals surface area contributed by atoms with Crippen molar-refractivity contribution in [2.75, 3.05) is 5.32 Å². The van der Waals surface area contributed by atoms with Crippen LogP contribution in [0.15, 0.2) is 48.5 Å². The highest BCUT2D eigenvalue weighted by Gasteiger charge is 2.55. The average molecular weight is 358 g/mol. The van der Waals surface area contributed by atoms with E-state index in [-0.39, 0.29) is 11.9 Å². The largest absolute Gasteiger partial charge is 0.467 e. The molecule has 0 unspecified atom stereocenters. The zero-order valence-electron chi connectivity index (χ0n) is 13.4. The van der Waals surface area contributed by atoms with Crippen LogP contribution in [0.25, 0.3) is 0 Å². The van der Waals surface area contributed by atoms with Crippen LogP contribution in [0, 0.1) is 5.92 Å². The van der Waals surface area contributed by atoms with Crippen LogP contribution in [0.3, 0.4) is 0 Å². The number of carbonyl (C=O) groups excluding carboxylic acids is 2. The molecule has 0 spiro atoms. The molecule has 6 nitrogen and oxygen atoms in total. The van der Waals surface area contributed by atoms with Crippen LogP contribution >= 0.6 is 11.6 Å². The first-order valence-corrected chi connectivity index (χ1v) is 8.27. The van der Waals surface area contributed by atoms with E-state index in [4.69, 9.17) is 16.3 Å². The van der Waals surface area contributed by atoms with E-state index in [0.717, 1.165) is 5.56 Å². The van der Waals surface area contributed by atoms with Gasteiger partial charge in [0.15, 0.2) is 5.72 Å². The third kappa shape index (κ3) is 2.68. The van der Waals surface area contributed by atoms with Crippen molar-refractivity contribution >= 4 is 29.2 Å². The van der Waals surface area contributed by atoms with Crippen molar-refractivity contribution in [1.82, 2.24) is 10.6 Å². The summed E-state index contributed by atoms with van der Waals surface area (Å²) < 4.78 is 6.00. The van der Waals surface area contributed by atoms with Gasteiger partial charge >= 0.3 is 6.03 Å². The van der Waals surface area contributed by atoms with Gasteiger partial charge < -0.3 is 15.4 Å². The van der Waals surface area contributed by atoms with Gasteiger partial charge in [-0.25, -0.2) is 4.79 Å². The first-order valence-electron chi connectivity index (χ1n) is 7.89. The Morgan fingerprint density at radius 1 is 1.20 bits per heavy atom. The molecule has 3 amide bonds. The number of benzene rings is 2. The quantitative estimate of drug-likeness (QED) is 0.772. The van der Waals surface area contributed by atoms with Gasteiger partial charge in [-0.2, -0.15) is 0 Å². The average Bonchev–Trinajstić information content (AvgIpc) is 2.55. The molecule has 2 aliphatic rings. The molecule has 0 aliphatic carbocycles. The van der Waals surface area contributed by atoms with Gasteiger partial charge in [-0.15, -0.1) is 0 Å². The monoisotopic (exact) mass is 357 g/mol. The standard InChI is InChI=1S/C18H16ClN3O3/c1-18-14(16(23)20-11-8-6-10(19)7-9-11)15(21-17(24)22-18)12-4-2-3-5-13(12)25-18/h2-9,14-15H,1H3,(H,20,23)(H2,21,22,24)/t14-,15-,18+/m0/s1. The molecular formula is C18H16ClN3O3. The third-order valence-corrected chi connectivity index (χ3v) is 4.80. The highest BCUT2D eigenvalue weighted by molar-refractivity contribution is 6.30. The van der Waals surface area contributed by atoms with Gasteiger partial charge in [0.1, 0.15) is 11.7 Å². The number of amides is 3. The number of urea groups is 1. The molecule has 0 saturated carbocycles. The number of hydrogen-bond donors (Lipinski definition) is 3. The third-order valence-electron chi connectivity index (χ3n) is 4.55. The number of ether oxygens (including phenoxy) is 1. The first kappa shape index (κ1) is 15.8. The fourth-order valence-corrected chi connectivity index (χ4v) is 3.57. The van der Waals surface area contributed by atoms with E-state index in [1.165, 1.54) is 0 Å². The summed E-state index contributed by atoms with van der Waals surface area (Å²) in [7, 11) is 0. The minimum absolute atomic E-state index is 0.253. The fourth-order valence-electron chi connectivity index (χ4n) is 3.44. The highest BCUT2D eigenvalue weighted by atomic mass is 35.5. The molecule has 7 heteroatoms. The molecule has 4 rings (SSSR count). The van der Waals surface area contributed by atoms with E-state index in [0.29, 0.717) is 16.5 Å². The Morgan fingerprint density at radius 3 is 2.68 bits per heavy atom. The predicted octanol–water partition coefficient (Wildman–Crippen LogP) is 3.06. The molecule has 128 valence electrons. The lowest BCUT2D eigenvalue weighted by molar-refractivity contribution is -0.133. The van der Waals surface area contributed by atoms with Crippen molar-refractivity contribution in [2.45, 2.75) is 18.7 Å². The molecule has 0 aromatic heterocycles. The van der Waals surface area contributed by atoms with E-state index >= 15 is 0 Å². The van der Waals surface area contributed by atoms with Crippen molar-refractivity contribution < 1.29 is 14.3 Å². The van der Waals surface area contributed by atoms with Gasteiger partial charge in [0.2, 0.25) is 5.91 Å². The summed E-state index contributed by atoms with van der Waals surface area (Å²) in [5, 5.41) is 9.04. The van der Waals surface area contributed by atoms with Crippen LogP contribution in [0.1, 0.15) is 18.5 Å². The molecule has 2 aromatic carbocycles. The molecule has 25 heavy (non-hydrogen) atoms. The second kappa shape index (κ2) is 5.67. The summed E-state index contributed by atoms with van der Waals surface area (Å²) in [4.78, 5) is 25.0. The lowest BCUT2D eigenvalue weighted by atomic mass is 9.80. The molecule has 2 aliphatic heterocycles. The Balaban J connectivity index is 1.69. The Labute approximate surface area is 149 Å². The van der Waals surface area contributed by atoms with Gasteiger partial charge in [0.25, 0.3) is 0 Å². The summed E-state index contributed by atoms with van der Waals surface area (Å²) >= 11 is 5.88. The second-order valence-corrected chi connectivity index (χ2v) is 6.73. The Kier molecular flexibility index (Phi) is 3.58. The second-order valence-electron chi connectivity index (χ2n) is 6.30. The van der Waals surface area contributed by atoms with Gasteiger partial charge in [-0.1, -0.05) is 29.8 Å². The number of anilines is 1. The summed E-state index contributed by atoms with van der Waals surface area (Å²) in [6.07, 6.45) is 0. The van der Waals surface area contributed by atoms with E-state index in [2.05, 4.69) is 16.0 Å². The summed E-state index contributed by atoms with van der Waals surface area (Å²) in [5.74, 6) is -0.245. The van der Waals surface area contributed by atoms with Gasteiger partial charge in [-0.3, -0.25) is 10.1 Å². The van der Waals surface area contributed by atoms with Crippen LogP contribution in [-0.4, -0.2) is 17.7 Å². The molecular weight excluding hydrogens is 342 g/mol. The van der Waals surface area contributed by atoms with E-state index in [9.17, 15) is 9.59 Å². The maximum absolute atomic E-state index is 13.0. The minimum Gasteiger partial charge on any atom is -0.467 e. The van der Waals surface area contributed by atoms with Gasteiger partial charge in [-0.05, 0) is 37.3 Å². The smallest absolute Gasteiger partial charge is 0.318 e. The number of rotatable bonds is 2. The predicted molar refractivity (Wildman–Crippen MR) is 93.5 cm³/mol. The van der Waals surface area contributed by atoms with Crippen molar-refractivity contribution in [3.63, 3.8) is 0 Å². The summed E-state index contributed by atoms with van der Waals surface area (Å²) in [6.45, 7) is 1.71. The van der Waals surface area contributed by atoms with Crippen molar-refractivity contribution in [3.05, 3.63) is 59.1 Å². The fraction of sp³-hybridized carbons (Fsp3) is 0.222. The van der Waals surface area contributed by atoms with Gasteiger partial charge in [0.05, 0.1) is 6.04 Å². The molecule has 2 heterocycles. The maximum Gasteiger partial charge on any atom is 0.318 e. The topological polar surface area (TPSA) is 79.5 Å². The molecule has 1 fully saturated rings. The number of halogens is 1. The number of carbonyl (C=O) groups is 2. The highest BCUT2D eigenvalue weighted by Crippen LogP contribution is 2.44. The Hall–Kier alpha value is -2.73. The molecule has 3 N–H and O–H groups in total. The zero-order chi connectivity index (χ0) is 17.6. The van der Waals surface area contributed by atoms with Crippen molar-refractivity contribution in [1.29, 1.82) is 0 Å². The number of hydrogen-bond acceptors (Lipinski definition) is 3. The van der Waals surface area contributed by atoms with Crippen molar-refractivity contribution in [3.8, 4) is 5.75 Å². The minimum atomic E-state index is -1.14. The molecule has 2 bridgehead atoms. The lowest BCUT2D eigenvalue weighted by Crippen LogP contribution is -2.70. The normalized spacial score (nSPS) is 26.6. The maximum atomic E-state index is 13.0. The molecule has 3 atom stereocenters. The number of nitrogens with one attached hydrogen (secondary N) is 3. The first-order chi connectivity index (χ1) is 12.0. The van der Waals surface area contributed by atoms with Crippen LogP contribution in [-0.2, 0) is 4.79 Å². The lowest BCUT2D eigenvalue weighted by Gasteiger charge is -2.49. The van der Waals surface area contributed by atoms with Crippen LogP contribution < -0.4 is 20.7 Å². The van der Waals surface area contributed by atoms with Crippen LogP contribution in [0.4, 0.5) is 10.5 Å². The van der Waals surface area contributed by atoms with Crippen molar-refractivity contribution in [2.24, 2.45) is 5.92 Å². The summed E-state index contributed by atoms with van der Waals surface area (Å²) in [6, 6.07) is 13.4. The van der Waals surface area contributed by atoms with E-state index in [1.807, 2.05) is 24.3 Å². The van der Waals surface area contributed by atoms with E-state index in [1.54, 1.807) is 31.2 Å². The van der Waals surface area contributed by atoms with Gasteiger partial charge in [0, 0.05) is 16.3 Å². The van der Waals surface area contributed by atoms with E-state index < -0.39 is 17.7 Å². The van der Waals surface area contributed by atoms with Crippen LogP contribution in [0.5, 0.6) is 5.75 Å². The summed E-state index contributed by atoms with van der Waals surface area (Å²) in [5.41, 5.74) is 0.269. The molecule has 1 saturated heterocycles.